The van der Waals surface area contributed by atoms with Crippen molar-refractivity contribution in [3.8, 4) is 5.75 Å². The summed E-state index contributed by atoms with van der Waals surface area (Å²) in [5, 5.41) is 0. The van der Waals surface area contributed by atoms with Gasteiger partial charge in [0, 0.05) is 18.7 Å². The number of hydrogen-bond donors (Lipinski definition) is 1. The summed E-state index contributed by atoms with van der Waals surface area (Å²) in [5.41, 5.74) is 5.98. The van der Waals surface area contributed by atoms with Crippen molar-refractivity contribution < 1.29 is 13.9 Å². The molecule has 1 amide bonds. The second-order valence-corrected chi connectivity index (χ2v) is 3.75. The molecule has 4 nitrogen and oxygen atoms in total. The van der Waals surface area contributed by atoms with Gasteiger partial charge in [-0.2, -0.15) is 0 Å². The van der Waals surface area contributed by atoms with Crippen LogP contribution in [0.3, 0.4) is 0 Å². The van der Waals surface area contributed by atoms with E-state index in [1.165, 1.54) is 23.1 Å². The van der Waals surface area contributed by atoms with Gasteiger partial charge < -0.3 is 15.4 Å². The average molecular weight is 224 g/mol. The number of nitrogens with two attached hydrogens (primary N) is 1. The van der Waals surface area contributed by atoms with Crippen LogP contribution in [0.2, 0.25) is 0 Å². The second-order valence-electron chi connectivity index (χ2n) is 3.75. The SMILES string of the molecule is CC(CN)N1C(=O)COc2ccc(F)cc21. The minimum atomic E-state index is -0.397. The summed E-state index contributed by atoms with van der Waals surface area (Å²) in [6.45, 7) is 2.11. The van der Waals surface area contributed by atoms with Gasteiger partial charge in [0.1, 0.15) is 11.6 Å². The normalized spacial score (nSPS) is 16.7. The molecule has 0 bridgehead atoms. The zero-order chi connectivity index (χ0) is 11.7. The fourth-order valence-corrected chi connectivity index (χ4v) is 1.73. The van der Waals surface area contributed by atoms with Crippen molar-refractivity contribution in [2.45, 2.75) is 13.0 Å². The Morgan fingerprint density at radius 1 is 1.62 bits per heavy atom. The van der Waals surface area contributed by atoms with Crippen molar-refractivity contribution in [2.24, 2.45) is 5.73 Å². The standard InChI is InChI=1S/C11H13FN2O2/c1-7(5-13)14-9-4-8(12)2-3-10(9)16-6-11(14)15/h2-4,7H,5-6,13H2,1H3. The summed E-state index contributed by atoms with van der Waals surface area (Å²) in [6, 6.07) is 3.95. The Bertz CT molecular complexity index is 422. The van der Waals surface area contributed by atoms with Crippen molar-refractivity contribution >= 4 is 11.6 Å². The molecule has 0 saturated carbocycles. The van der Waals surface area contributed by atoms with Gasteiger partial charge in [0.2, 0.25) is 0 Å². The minimum absolute atomic E-state index is 0.0248. The Labute approximate surface area is 92.8 Å². The highest BCUT2D eigenvalue weighted by Crippen LogP contribution is 2.33. The summed E-state index contributed by atoms with van der Waals surface area (Å²) >= 11 is 0. The highest BCUT2D eigenvalue weighted by molar-refractivity contribution is 5.98. The highest BCUT2D eigenvalue weighted by Gasteiger charge is 2.29. The minimum Gasteiger partial charge on any atom is -0.482 e. The molecule has 0 aliphatic carbocycles. The number of nitrogens with zero attached hydrogens (tertiary/aromatic N) is 1. The van der Waals surface area contributed by atoms with Crippen molar-refractivity contribution in [2.75, 3.05) is 18.1 Å². The van der Waals surface area contributed by atoms with Crippen molar-refractivity contribution in [1.82, 2.24) is 0 Å². The van der Waals surface area contributed by atoms with E-state index in [1.807, 2.05) is 6.92 Å². The third-order valence-electron chi connectivity index (χ3n) is 2.58. The van der Waals surface area contributed by atoms with Crippen LogP contribution in [0.4, 0.5) is 10.1 Å². The Morgan fingerprint density at radius 3 is 3.06 bits per heavy atom. The van der Waals surface area contributed by atoms with Crippen LogP contribution in [0.5, 0.6) is 5.75 Å². The lowest BCUT2D eigenvalue weighted by Gasteiger charge is -2.33. The number of carbonyl (C=O) groups excluding carboxylic acids is 1. The molecule has 1 aliphatic rings. The van der Waals surface area contributed by atoms with Gasteiger partial charge in [-0.3, -0.25) is 4.79 Å². The first kappa shape index (κ1) is 10.9. The average Bonchev–Trinajstić information content (AvgIpc) is 2.28. The van der Waals surface area contributed by atoms with Gasteiger partial charge in [-0.05, 0) is 19.1 Å². The largest absolute Gasteiger partial charge is 0.482 e. The van der Waals surface area contributed by atoms with Crippen LogP contribution in [-0.2, 0) is 4.79 Å². The van der Waals surface area contributed by atoms with Crippen molar-refractivity contribution in [3.05, 3.63) is 24.0 Å². The molecular formula is C11H13FN2O2. The lowest BCUT2D eigenvalue weighted by Crippen LogP contribution is -2.47. The van der Waals surface area contributed by atoms with Crippen LogP contribution in [-0.4, -0.2) is 25.1 Å². The Kier molecular flexibility index (Phi) is 2.78. The molecule has 1 heterocycles. The Hall–Kier alpha value is -1.62. The first-order valence-corrected chi connectivity index (χ1v) is 5.08. The predicted octanol–water partition coefficient (Wildman–Crippen LogP) is 0.898. The first-order chi connectivity index (χ1) is 7.63. The summed E-state index contributed by atoms with van der Waals surface area (Å²) in [7, 11) is 0. The van der Waals surface area contributed by atoms with Crippen LogP contribution < -0.4 is 15.4 Å². The first-order valence-electron chi connectivity index (χ1n) is 5.08. The summed E-state index contributed by atoms with van der Waals surface area (Å²) < 4.78 is 18.4. The maximum Gasteiger partial charge on any atom is 0.265 e. The van der Waals surface area contributed by atoms with E-state index in [0.717, 1.165) is 0 Å². The van der Waals surface area contributed by atoms with Crippen LogP contribution in [0.1, 0.15) is 6.92 Å². The number of halogens is 1. The van der Waals surface area contributed by atoms with E-state index in [9.17, 15) is 9.18 Å². The van der Waals surface area contributed by atoms with E-state index in [1.54, 1.807) is 0 Å². The summed E-state index contributed by atoms with van der Waals surface area (Å²) in [6.07, 6.45) is 0. The lowest BCUT2D eigenvalue weighted by molar-refractivity contribution is -0.121. The summed E-state index contributed by atoms with van der Waals surface area (Å²) in [5.74, 6) is -0.0800. The number of hydrogen-bond acceptors (Lipinski definition) is 3. The molecule has 0 fully saturated rings. The molecule has 1 unspecified atom stereocenters. The number of benzene rings is 1. The molecule has 86 valence electrons. The van der Waals surface area contributed by atoms with Crippen LogP contribution in [0.15, 0.2) is 18.2 Å². The smallest absolute Gasteiger partial charge is 0.265 e. The molecule has 1 atom stereocenters. The van der Waals surface area contributed by atoms with Gasteiger partial charge in [0.05, 0.1) is 5.69 Å². The number of anilines is 1. The fourth-order valence-electron chi connectivity index (χ4n) is 1.73. The second kappa shape index (κ2) is 4.09. The third kappa shape index (κ3) is 1.74. The number of carbonyl (C=O) groups is 1. The predicted molar refractivity (Wildman–Crippen MR) is 57.9 cm³/mol. The molecular weight excluding hydrogens is 211 g/mol. The van der Waals surface area contributed by atoms with Crippen molar-refractivity contribution in [1.29, 1.82) is 0 Å². The topological polar surface area (TPSA) is 55.6 Å². The quantitative estimate of drug-likeness (QED) is 0.812. The van der Waals surface area contributed by atoms with Crippen LogP contribution in [0.25, 0.3) is 0 Å². The Morgan fingerprint density at radius 2 is 2.38 bits per heavy atom. The maximum absolute atomic E-state index is 13.1. The van der Waals surface area contributed by atoms with E-state index >= 15 is 0 Å². The van der Waals surface area contributed by atoms with Gasteiger partial charge in [0.25, 0.3) is 5.91 Å². The zero-order valence-electron chi connectivity index (χ0n) is 8.94. The molecule has 1 aromatic carbocycles. The van der Waals surface area contributed by atoms with E-state index in [-0.39, 0.29) is 18.6 Å². The molecule has 16 heavy (non-hydrogen) atoms. The molecule has 2 N–H and O–H groups in total. The zero-order valence-corrected chi connectivity index (χ0v) is 8.94. The Balaban J connectivity index is 2.46. The van der Waals surface area contributed by atoms with Crippen LogP contribution >= 0.6 is 0 Å². The third-order valence-corrected chi connectivity index (χ3v) is 2.58. The van der Waals surface area contributed by atoms with Gasteiger partial charge in [0.15, 0.2) is 6.61 Å². The number of amides is 1. The monoisotopic (exact) mass is 224 g/mol. The molecule has 0 aromatic heterocycles. The van der Waals surface area contributed by atoms with E-state index in [2.05, 4.69) is 0 Å². The van der Waals surface area contributed by atoms with Crippen molar-refractivity contribution in [3.63, 3.8) is 0 Å². The molecule has 2 rings (SSSR count). The molecule has 1 aliphatic heterocycles. The lowest BCUT2D eigenvalue weighted by atomic mass is 10.1. The molecule has 0 radical (unpaired) electrons. The number of rotatable bonds is 2. The summed E-state index contributed by atoms with van der Waals surface area (Å²) in [4.78, 5) is 13.2. The van der Waals surface area contributed by atoms with E-state index in [4.69, 9.17) is 10.5 Å². The van der Waals surface area contributed by atoms with Gasteiger partial charge in [-0.15, -0.1) is 0 Å². The fraction of sp³-hybridized carbons (Fsp3) is 0.364. The molecule has 5 heteroatoms. The molecule has 0 spiro atoms. The molecule has 0 saturated heterocycles. The maximum atomic E-state index is 13.1. The van der Waals surface area contributed by atoms with Gasteiger partial charge in [-0.25, -0.2) is 4.39 Å². The highest BCUT2D eigenvalue weighted by atomic mass is 19.1. The van der Waals surface area contributed by atoms with Crippen LogP contribution in [0, 0.1) is 5.82 Å². The number of ether oxygens (including phenoxy) is 1. The van der Waals surface area contributed by atoms with E-state index in [0.29, 0.717) is 18.0 Å². The van der Waals surface area contributed by atoms with Gasteiger partial charge >= 0.3 is 0 Å². The number of fused-ring (bicyclic) bond motifs is 1. The van der Waals surface area contributed by atoms with Gasteiger partial charge in [-0.1, -0.05) is 0 Å². The molecule has 1 aromatic rings. The van der Waals surface area contributed by atoms with E-state index < -0.39 is 5.82 Å².